The van der Waals surface area contributed by atoms with Crippen LogP contribution in [-0.4, -0.2) is 41.6 Å². The van der Waals surface area contributed by atoms with Crippen molar-refractivity contribution < 1.29 is 15.8 Å². The summed E-state index contributed by atoms with van der Waals surface area (Å²) in [6.07, 6.45) is 7.17. The normalized spacial score (nSPS) is 20.5. The Morgan fingerprint density at radius 3 is 2.47 bits per heavy atom. The van der Waals surface area contributed by atoms with Crippen molar-refractivity contribution in [1.82, 2.24) is 10.2 Å². The van der Waals surface area contributed by atoms with Crippen LogP contribution in [0.2, 0.25) is 0 Å². The van der Waals surface area contributed by atoms with Crippen LogP contribution in [0.25, 0.3) is 0 Å². The van der Waals surface area contributed by atoms with Gasteiger partial charge in [-0.05, 0) is 63.1 Å². The number of carbonyl (C=O) groups is 3. The molecule has 0 radical (unpaired) electrons. The van der Waals surface area contributed by atoms with Crippen LogP contribution in [0.3, 0.4) is 0 Å². The molecule has 1 saturated carbocycles. The summed E-state index contributed by atoms with van der Waals surface area (Å²) >= 11 is 0. The molecule has 0 aromatic heterocycles. The summed E-state index contributed by atoms with van der Waals surface area (Å²) in [6, 6.07) is 9.25. The van der Waals surface area contributed by atoms with Gasteiger partial charge < -0.3 is 10.2 Å². The smallest absolute Gasteiger partial charge is 0.251 e. The van der Waals surface area contributed by atoms with Crippen LogP contribution in [0.4, 0.5) is 0 Å². The summed E-state index contributed by atoms with van der Waals surface area (Å²) in [6.45, 7) is 8.31. The van der Waals surface area contributed by atoms with Crippen LogP contribution in [0.1, 0.15) is 95.9 Å². The lowest BCUT2D eigenvalue weighted by Crippen LogP contribution is -2.48. The highest BCUT2D eigenvalue weighted by Crippen LogP contribution is 2.31. The second kappa shape index (κ2) is 11.2. The molecular weight excluding hydrogens is 426 g/mol. The number of nitriles is 1. The molecule has 1 N–H and O–H groups in total. The number of likely N-dealkylation sites (tertiary alicyclic amines) is 1. The van der Waals surface area contributed by atoms with E-state index < -0.39 is 11.5 Å². The first-order valence-corrected chi connectivity index (χ1v) is 12.8. The van der Waals surface area contributed by atoms with Crippen LogP contribution in [-0.2, 0) is 9.59 Å². The summed E-state index contributed by atoms with van der Waals surface area (Å²) in [4.78, 5) is 40.8. The molecule has 1 aromatic carbocycles. The molecule has 1 unspecified atom stereocenters. The maximum absolute atomic E-state index is 13.2. The first kappa shape index (κ1) is 25.9. The fourth-order valence-electron chi connectivity index (χ4n) is 5.28. The number of hydrogen-bond acceptors (Lipinski definition) is 4. The Labute approximate surface area is 205 Å². The van der Waals surface area contributed by atoms with E-state index in [0.717, 1.165) is 44.1 Å². The molecule has 1 aliphatic carbocycles. The number of nitrogens with zero attached hydrogens (tertiary/aromatic N) is 2. The molecule has 2 amide bonds. The Hall–Kier alpha value is -2.68. The van der Waals surface area contributed by atoms with Crippen molar-refractivity contribution in [2.45, 2.75) is 84.6 Å². The summed E-state index contributed by atoms with van der Waals surface area (Å²) < 4.78 is 0. The topological polar surface area (TPSA) is 90.3 Å². The van der Waals surface area contributed by atoms with Crippen LogP contribution in [0.15, 0.2) is 24.3 Å². The molecular formula is C28H41N3O3. The highest BCUT2D eigenvalue weighted by atomic mass is 16.2. The molecule has 34 heavy (non-hydrogen) atoms. The molecule has 0 bridgehead atoms. The second-order valence-corrected chi connectivity index (χ2v) is 10.9. The molecule has 6 heteroatoms. The van der Waals surface area contributed by atoms with Gasteiger partial charge in [0.15, 0.2) is 5.78 Å². The third-order valence-electron chi connectivity index (χ3n) is 7.43. The number of piperidine rings is 1. The van der Waals surface area contributed by atoms with Gasteiger partial charge in [-0.2, -0.15) is 5.26 Å². The van der Waals surface area contributed by atoms with E-state index >= 15 is 0 Å². The maximum atomic E-state index is 13.2. The van der Waals surface area contributed by atoms with Gasteiger partial charge in [-0.3, -0.25) is 14.4 Å². The van der Waals surface area contributed by atoms with Crippen LogP contribution in [0, 0.1) is 28.6 Å². The highest BCUT2D eigenvalue weighted by Gasteiger charge is 2.35. The summed E-state index contributed by atoms with van der Waals surface area (Å²) in [7, 11) is 0. The Morgan fingerprint density at radius 1 is 1.12 bits per heavy atom. The molecule has 2 fully saturated rings. The van der Waals surface area contributed by atoms with E-state index in [1.54, 1.807) is 24.8 Å². The van der Waals surface area contributed by atoms with E-state index in [9.17, 15) is 19.6 Å². The number of carbonyl (C=O) groups excluding carboxylic acids is 3. The largest absolute Gasteiger partial charge is 0.342 e. The molecule has 1 heterocycles. The van der Waals surface area contributed by atoms with Crippen molar-refractivity contribution in [2.24, 2.45) is 17.3 Å². The fourth-order valence-corrected chi connectivity index (χ4v) is 5.28. The number of nitrogens with one attached hydrogen (secondary N) is 1. The van der Waals surface area contributed by atoms with Gasteiger partial charge >= 0.3 is 0 Å². The Bertz CT molecular complexity index is 947. The maximum Gasteiger partial charge on any atom is 0.251 e. The van der Waals surface area contributed by atoms with Crippen molar-refractivity contribution in [2.75, 3.05) is 13.1 Å². The number of Topliss-reactive ketones (excluding diaryl/α,β-unsaturated/α-hetero) is 1. The van der Waals surface area contributed by atoms with Gasteiger partial charge in [-0.25, -0.2) is 0 Å². The van der Waals surface area contributed by atoms with Crippen molar-refractivity contribution in [3.05, 3.63) is 35.4 Å². The average Bonchev–Trinajstić information content (AvgIpc) is 2.86. The van der Waals surface area contributed by atoms with Gasteiger partial charge in [-0.1, -0.05) is 45.2 Å². The Morgan fingerprint density at radius 2 is 1.82 bits per heavy atom. The van der Waals surface area contributed by atoms with E-state index in [2.05, 4.69) is 11.4 Å². The zero-order chi connectivity index (χ0) is 24.9. The SMILES string of the molecule is CC(C)C(=O)[C@H](NC(=O)c1cccc(C2CCCN(C(=O)C(C)(C)C#N)C2)c1)C1CCCCC1.[HH]. The first-order chi connectivity index (χ1) is 16.1. The number of rotatable bonds is 7. The van der Waals surface area contributed by atoms with E-state index in [4.69, 9.17) is 0 Å². The molecule has 3 rings (SSSR count). The predicted octanol–water partition coefficient (Wildman–Crippen LogP) is 5.09. The van der Waals surface area contributed by atoms with Crippen LogP contribution < -0.4 is 5.32 Å². The van der Waals surface area contributed by atoms with E-state index in [1.807, 2.05) is 32.0 Å². The highest BCUT2D eigenvalue weighted by molar-refractivity contribution is 5.98. The lowest BCUT2D eigenvalue weighted by molar-refractivity contribution is -0.138. The van der Waals surface area contributed by atoms with Crippen LogP contribution in [0.5, 0.6) is 0 Å². The van der Waals surface area contributed by atoms with Gasteiger partial charge in [-0.15, -0.1) is 0 Å². The number of amides is 2. The van der Waals surface area contributed by atoms with Gasteiger partial charge in [0.2, 0.25) is 5.91 Å². The first-order valence-electron chi connectivity index (χ1n) is 12.8. The van der Waals surface area contributed by atoms with E-state index in [1.165, 1.54) is 6.42 Å². The minimum absolute atomic E-state index is 0. The van der Waals surface area contributed by atoms with E-state index in [-0.39, 0.29) is 36.8 Å². The average molecular weight is 468 g/mol. The Balaban J connectivity index is 0.00000432. The second-order valence-electron chi connectivity index (χ2n) is 10.9. The lowest BCUT2D eigenvalue weighted by atomic mass is 9.80. The molecule has 1 aliphatic heterocycles. The third kappa shape index (κ3) is 6.05. The van der Waals surface area contributed by atoms with Crippen molar-refractivity contribution in [3.8, 4) is 6.07 Å². The van der Waals surface area contributed by atoms with E-state index in [0.29, 0.717) is 18.7 Å². The molecule has 1 saturated heterocycles. The van der Waals surface area contributed by atoms with Crippen molar-refractivity contribution in [1.29, 1.82) is 5.26 Å². The summed E-state index contributed by atoms with van der Waals surface area (Å²) in [5.74, 6) is -0.0413. The molecule has 6 nitrogen and oxygen atoms in total. The molecule has 186 valence electrons. The minimum Gasteiger partial charge on any atom is -0.342 e. The quantitative estimate of drug-likeness (QED) is 0.604. The Kier molecular flexibility index (Phi) is 8.52. The zero-order valence-electron chi connectivity index (χ0n) is 21.1. The third-order valence-corrected chi connectivity index (χ3v) is 7.43. The van der Waals surface area contributed by atoms with Crippen molar-refractivity contribution >= 4 is 17.6 Å². The number of ketones is 1. The molecule has 2 atom stereocenters. The number of hydrogen-bond donors (Lipinski definition) is 1. The van der Waals surface area contributed by atoms with Gasteiger partial charge in [0.05, 0.1) is 12.1 Å². The molecule has 1 aromatic rings. The van der Waals surface area contributed by atoms with Crippen molar-refractivity contribution in [3.63, 3.8) is 0 Å². The molecule has 2 aliphatic rings. The monoisotopic (exact) mass is 467 g/mol. The number of benzene rings is 1. The lowest BCUT2D eigenvalue weighted by Gasteiger charge is -2.36. The summed E-state index contributed by atoms with van der Waals surface area (Å²) in [5, 5.41) is 12.4. The van der Waals surface area contributed by atoms with Gasteiger partial charge in [0, 0.05) is 31.9 Å². The molecule has 0 spiro atoms. The predicted molar refractivity (Wildman–Crippen MR) is 134 cm³/mol. The van der Waals surface area contributed by atoms with Gasteiger partial charge in [0.1, 0.15) is 5.41 Å². The standard InChI is InChI=1S/C28H39N3O3.H2/c1-19(2)25(32)24(20-10-6-5-7-11-20)30-26(33)22-13-8-12-21(16-22)23-14-9-15-31(17-23)27(34)28(3,4)18-29;/h8,12-13,16,19-20,23-24H,5-7,9-11,14-15,17H2,1-4H3,(H,30,33);1H/t23?,24-;/m1./s1. The minimum atomic E-state index is -1.04. The zero-order valence-corrected chi connectivity index (χ0v) is 21.1. The van der Waals surface area contributed by atoms with Crippen LogP contribution >= 0.6 is 0 Å². The fraction of sp³-hybridized carbons (Fsp3) is 0.643. The summed E-state index contributed by atoms with van der Waals surface area (Å²) in [5.41, 5.74) is 0.528. The van der Waals surface area contributed by atoms with Gasteiger partial charge in [0.25, 0.3) is 5.91 Å².